The van der Waals surface area contributed by atoms with Gasteiger partial charge in [0.2, 0.25) is 0 Å². The van der Waals surface area contributed by atoms with Crippen LogP contribution in [0.3, 0.4) is 0 Å². The van der Waals surface area contributed by atoms with E-state index >= 15 is 0 Å². The maximum atomic E-state index is 12.9. The Morgan fingerprint density at radius 2 is 2.11 bits per heavy atom. The maximum absolute atomic E-state index is 12.9. The van der Waals surface area contributed by atoms with Crippen LogP contribution in [0.4, 0.5) is 4.39 Å². The highest BCUT2D eigenvalue weighted by Crippen LogP contribution is 2.04. The zero-order valence-corrected chi connectivity index (χ0v) is 11.1. The van der Waals surface area contributed by atoms with E-state index in [9.17, 15) is 4.39 Å². The monoisotopic (exact) mass is 269 g/mol. The van der Waals surface area contributed by atoms with Gasteiger partial charge in [-0.25, -0.2) is 4.39 Å². The van der Waals surface area contributed by atoms with Crippen LogP contribution in [0.25, 0.3) is 0 Å². The van der Waals surface area contributed by atoms with E-state index in [1.54, 1.807) is 18.3 Å². The second-order valence-corrected chi connectivity index (χ2v) is 3.87. The van der Waals surface area contributed by atoms with Crippen LogP contribution in [0, 0.1) is 5.82 Å². The van der Waals surface area contributed by atoms with E-state index in [-0.39, 0.29) is 18.2 Å². The van der Waals surface area contributed by atoms with Crippen LogP contribution in [0.1, 0.15) is 18.2 Å². The van der Waals surface area contributed by atoms with Crippen molar-refractivity contribution in [1.82, 2.24) is 15.1 Å². The molecule has 0 aliphatic rings. The van der Waals surface area contributed by atoms with E-state index < -0.39 is 0 Å². The second kappa shape index (κ2) is 7.13. The van der Waals surface area contributed by atoms with Crippen LogP contribution >= 0.6 is 12.4 Å². The lowest BCUT2D eigenvalue weighted by Crippen LogP contribution is -2.16. The van der Waals surface area contributed by atoms with E-state index in [1.165, 1.54) is 6.07 Å². The van der Waals surface area contributed by atoms with Crippen LogP contribution in [-0.2, 0) is 19.6 Å². The molecule has 18 heavy (non-hydrogen) atoms. The Balaban J connectivity index is 0.00000162. The summed E-state index contributed by atoms with van der Waals surface area (Å²) in [5, 5.41) is 7.47. The van der Waals surface area contributed by atoms with Gasteiger partial charge in [0.1, 0.15) is 5.82 Å². The van der Waals surface area contributed by atoms with Crippen LogP contribution in [0.15, 0.2) is 36.5 Å². The van der Waals surface area contributed by atoms with Gasteiger partial charge in [0.25, 0.3) is 0 Å². The number of aryl methyl sites for hydroxylation is 1. The average molecular weight is 270 g/mol. The predicted molar refractivity (Wildman–Crippen MR) is 72.1 cm³/mol. The van der Waals surface area contributed by atoms with Crippen molar-refractivity contribution >= 4 is 12.4 Å². The minimum absolute atomic E-state index is 0. The summed E-state index contributed by atoms with van der Waals surface area (Å²) in [6, 6.07) is 8.62. The summed E-state index contributed by atoms with van der Waals surface area (Å²) in [6.07, 6.45) is 1.79. The third kappa shape index (κ3) is 3.82. The van der Waals surface area contributed by atoms with Gasteiger partial charge in [-0.1, -0.05) is 12.1 Å². The Hall–Kier alpha value is -1.39. The summed E-state index contributed by atoms with van der Waals surface area (Å²) in [6.45, 7) is 4.32. The number of benzene rings is 1. The molecular weight excluding hydrogens is 253 g/mol. The number of hydrogen-bond acceptors (Lipinski definition) is 2. The highest BCUT2D eigenvalue weighted by Gasteiger charge is 2.00. The molecule has 1 aromatic heterocycles. The summed E-state index contributed by atoms with van der Waals surface area (Å²) in [4.78, 5) is 0. The molecule has 0 atom stereocenters. The standard InChI is InChI=1S/C13H16FN3.ClH/c1-2-17-13(6-7-16-17)10-15-9-11-4-3-5-12(14)8-11;/h3-8,15H,2,9-10H2,1H3;1H. The van der Waals surface area contributed by atoms with E-state index in [1.807, 2.05) is 16.8 Å². The fraction of sp³-hybridized carbons (Fsp3) is 0.308. The number of halogens is 2. The topological polar surface area (TPSA) is 29.9 Å². The van der Waals surface area contributed by atoms with E-state index in [0.29, 0.717) is 6.54 Å². The molecule has 0 saturated carbocycles. The van der Waals surface area contributed by atoms with Gasteiger partial charge >= 0.3 is 0 Å². The van der Waals surface area contributed by atoms with Crippen molar-refractivity contribution in [2.24, 2.45) is 0 Å². The fourth-order valence-electron chi connectivity index (χ4n) is 1.78. The molecule has 98 valence electrons. The summed E-state index contributed by atoms with van der Waals surface area (Å²) in [7, 11) is 0. The normalized spacial score (nSPS) is 10.1. The zero-order chi connectivity index (χ0) is 12.1. The molecule has 1 heterocycles. The lowest BCUT2D eigenvalue weighted by atomic mass is 10.2. The highest BCUT2D eigenvalue weighted by molar-refractivity contribution is 5.85. The molecule has 0 fully saturated rings. The zero-order valence-electron chi connectivity index (χ0n) is 10.3. The Bertz CT molecular complexity index is 485. The molecule has 0 aliphatic heterocycles. The maximum Gasteiger partial charge on any atom is 0.123 e. The summed E-state index contributed by atoms with van der Waals surface area (Å²) < 4.78 is 14.9. The molecule has 0 saturated heterocycles. The van der Waals surface area contributed by atoms with Crippen molar-refractivity contribution in [2.45, 2.75) is 26.6 Å². The smallest absolute Gasteiger partial charge is 0.123 e. The Labute approximate surface area is 112 Å². The quantitative estimate of drug-likeness (QED) is 0.905. The molecule has 0 radical (unpaired) electrons. The third-order valence-electron chi connectivity index (χ3n) is 2.63. The van der Waals surface area contributed by atoms with Crippen molar-refractivity contribution in [2.75, 3.05) is 0 Å². The molecule has 1 N–H and O–H groups in total. The number of nitrogens with one attached hydrogen (secondary N) is 1. The van der Waals surface area contributed by atoms with Gasteiger partial charge in [-0.2, -0.15) is 5.10 Å². The van der Waals surface area contributed by atoms with Crippen molar-refractivity contribution in [1.29, 1.82) is 0 Å². The molecule has 1 aromatic carbocycles. The van der Waals surface area contributed by atoms with E-state index in [4.69, 9.17) is 0 Å². The first-order valence-corrected chi connectivity index (χ1v) is 5.75. The number of aromatic nitrogens is 2. The SMILES string of the molecule is CCn1nccc1CNCc1cccc(F)c1.Cl. The van der Waals surface area contributed by atoms with Crippen LogP contribution in [0.5, 0.6) is 0 Å². The summed E-state index contributed by atoms with van der Waals surface area (Å²) in [5.74, 6) is -0.192. The van der Waals surface area contributed by atoms with Gasteiger partial charge in [0.05, 0.1) is 5.69 Å². The Morgan fingerprint density at radius 1 is 1.28 bits per heavy atom. The van der Waals surface area contributed by atoms with Crippen molar-refractivity contribution in [3.63, 3.8) is 0 Å². The second-order valence-electron chi connectivity index (χ2n) is 3.87. The largest absolute Gasteiger partial charge is 0.307 e. The number of nitrogens with zero attached hydrogens (tertiary/aromatic N) is 2. The molecular formula is C13H17ClFN3. The van der Waals surface area contributed by atoms with Gasteiger partial charge in [-0.3, -0.25) is 4.68 Å². The third-order valence-corrected chi connectivity index (χ3v) is 2.63. The molecule has 0 spiro atoms. The fourth-order valence-corrected chi connectivity index (χ4v) is 1.78. The first-order valence-electron chi connectivity index (χ1n) is 5.75. The molecule has 0 amide bonds. The van der Waals surface area contributed by atoms with Gasteiger partial charge < -0.3 is 5.32 Å². The lowest BCUT2D eigenvalue weighted by molar-refractivity contribution is 0.579. The average Bonchev–Trinajstić information content (AvgIpc) is 2.77. The van der Waals surface area contributed by atoms with Crippen LogP contribution in [-0.4, -0.2) is 9.78 Å². The summed E-state index contributed by atoms with van der Waals surface area (Å²) in [5.41, 5.74) is 2.09. The molecule has 2 rings (SSSR count). The van der Waals surface area contributed by atoms with Crippen LogP contribution in [0.2, 0.25) is 0 Å². The van der Waals surface area contributed by atoms with Gasteiger partial charge in [-0.15, -0.1) is 12.4 Å². The molecule has 0 aliphatic carbocycles. The van der Waals surface area contributed by atoms with Crippen LogP contribution < -0.4 is 5.32 Å². The predicted octanol–water partition coefficient (Wildman–Crippen LogP) is 2.75. The van der Waals surface area contributed by atoms with Crippen molar-refractivity contribution < 1.29 is 4.39 Å². The first-order chi connectivity index (χ1) is 8.29. The van der Waals surface area contributed by atoms with Gasteiger partial charge in [0, 0.05) is 25.8 Å². The molecule has 5 heteroatoms. The van der Waals surface area contributed by atoms with Crippen molar-refractivity contribution in [3.05, 3.63) is 53.6 Å². The van der Waals surface area contributed by atoms with Gasteiger partial charge in [0.15, 0.2) is 0 Å². The Kier molecular flexibility index (Phi) is 5.82. The van der Waals surface area contributed by atoms with E-state index in [0.717, 1.165) is 24.3 Å². The molecule has 0 unspecified atom stereocenters. The minimum Gasteiger partial charge on any atom is -0.307 e. The number of rotatable bonds is 5. The van der Waals surface area contributed by atoms with E-state index in [2.05, 4.69) is 17.3 Å². The molecule has 2 aromatic rings. The highest BCUT2D eigenvalue weighted by atomic mass is 35.5. The molecule has 3 nitrogen and oxygen atoms in total. The minimum atomic E-state index is -0.192. The Morgan fingerprint density at radius 3 is 2.83 bits per heavy atom. The summed E-state index contributed by atoms with van der Waals surface area (Å²) >= 11 is 0. The number of hydrogen-bond donors (Lipinski definition) is 1. The lowest BCUT2D eigenvalue weighted by Gasteiger charge is -2.07. The molecule has 0 bridgehead atoms. The van der Waals surface area contributed by atoms with Gasteiger partial charge in [-0.05, 0) is 30.7 Å². The first kappa shape index (κ1) is 14.7. The van der Waals surface area contributed by atoms with Crippen molar-refractivity contribution in [3.8, 4) is 0 Å².